The average Bonchev–Trinajstić information content (AvgIpc) is 3.30. The Morgan fingerprint density at radius 3 is 0.969 bits per heavy atom. The molecule has 0 aliphatic rings. The molecule has 0 bridgehead atoms. The van der Waals surface area contributed by atoms with Crippen LogP contribution in [0.2, 0.25) is 0 Å². The van der Waals surface area contributed by atoms with Crippen molar-refractivity contribution in [2.75, 3.05) is 13.2 Å². The molecule has 0 aliphatic carbocycles. The van der Waals surface area contributed by atoms with E-state index >= 15 is 0 Å². The number of ether oxygens (including phenoxy) is 3. The first-order valence-corrected chi connectivity index (χ1v) is 26.4. The fraction of sp³-hybridized carbons (Fsp3) is 0.644. The molecule has 1 atom stereocenters. The van der Waals surface area contributed by atoms with Gasteiger partial charge in [-0.15, -0.1) is 0 Å². The van der Waals surface area contributed by atoms with Gasteiger partial charge < -0.3 is 14.2 Å². The Labute approximate surface area is 400 Å². The maximum Gasteiger partial charge on any atom is 0.306 e. The molecular weight excluding hydrogens is 805 g/mol. The maximum absolute atomic E-state index is 12.8. The van der Waals surface area contributed by atoms with Crippen molar-refractivity contribution in [3.63, 3.8) is 0 Å². The minimum absolute atomic E-state index is 0.123. The Morgan fingerprint density at radius 1 is 0.308 bits per heavy atom. The molecule has 0 fully saturated rings. The van der Waals surface area contributed by atoms with Gasteiger partial charge in [0.05, 0.1) is 0 Å². The van der Waals surface area contributed by atoms with Crippen LogP contribution in [0.25, 0.3) is 0 Å². The van der Waals surface area contributed by atoms with Crippen LogP contribution >= 0.6 is 0 Å². The van der Waals surface area contributed by atoms with Crippen molar-refractivity contribution in [3.05, 3.63) is 109 Å². The van der Waals surface area contributed by atoms with Crippen LogP contribution in [0.5, 0.6) is 0 Å². The fourth-order valence-electron chi connectivity index (χ4n) is 6.71. The first kappa shape index (κ1) is 61.1. The summed E-state index contributed by atoms with van der Waals surface area (Å²) in [4.78, 5) is 38.0. The van der Waals surface area contributed by atoms with Crippen molar-refractivity contribution < 1.29 is 28.6 Å². The molecule has 0 N–H and O–H groups in total. The summed E-state index contributed by atoms with van der Waals surface area (Å²) in [6, 6.07) is 0. The number of hydrogen-bond acceptors (Lipinski definition) is 6. The van der Waals surface area contributed by atoms with Gasteiger partial charge in [-0.1, -0.05) is 194 Å². The summed E-state index contributed by atoms with van der Waals surface area (Å²) in [5.74, 6) is -1.05. The summed E-state index contributed by atoms with van der Waals surface area (Å²) in [6.45, 7) is 6.45. The normalized spacial score (nSPS) is 13.0. The molecule has 0 unspecified atom stereocenters. The van der Waals surface area contributed by atoms with Gasteiger partial charge in [0.25, 0.3) is 0 Å². The number of hydrogen-bond donors (Lipinski definition) is 0. The molecule has 0 rings (SSSR count). The molecule has 65 heavy (non-hydrogen) atoms. The molecule has 0 heterocycles. The molecule has 0 aromatic rings. The average molecular weight is 901 g/mol. The predicted molar refractivity (Wildman–Crippen MR) is 279 cm³/mol. The van der Waals surface area contributed by atoms with Crippen LogP contribution in [0.3, 0.4) is 0 Å². The zero-order valence-electron chi connectivity index (χ0n) is 42.0. The van der Waals surface area contributed by atoms with Crippen molar-refractivity contribution in [1.29, 1.82) is 0 Å². The van der Waals surface area contributed by atoms with E-state index in [0.29, 0.717) is 19.3 Å². The first-order valence-electron chi connectivity index (χ1n) is 26.4. The van der Waals surface area contributed by atoms with Crippen molar-refractivity contribution in [3.8, 4) is 0 Å². The van der Waals surface area contributed by atoms with E-state index in [9.17, 15) is 14.4 Å². The summed E-state index contributed by atoms with van der Waals surface area (Å²) in [6.07, 6.45) is 70.8. The highest BCUT2D eigenvalue weighted by Crippen LogP contribution is 2.11. The van der Waals surface area contributed by atoms with Gasteiger partial charge in [-0.2, -0.15) is 0 Å². The van der Waals surface area contributed by atoms with Crippen molar-refractivity contribution in [2.24, 2.45) is 0 Å². The third kappa shape index (κ3) is 50.9. The van der Waals surface area contributed by atoms with Gasteiger partial charge in [0, 0.05) is 19.3 Å². The number of unbranched alkanes of at least 4 members (excludes halogenated alkanes) is 17. The third-order valence-electron chi connectivity index (χ3n) is 10.7. The van der Waals surface area contributed by atoms with Crippen molar-refractivity contribution in [2.45, 2.75) is 232 Å². The molecule has 0 radical (unpaired) electrons. The van der Waals surface area contributed by atoms with Crippen LogP contribution < -0.4 is 0 Å². The second-order valence-electron chi connectivity index (χ2n) is 17.1. The molecule has 0 aliphatic heterocycles. The van der Waals surface area contributed by atoms with E-state index in [2.05, 4.69) is 130 Å². The smallest absolute Gasteiger partial charge is 0.306 e. The SMILES string of the molecule is CCCCC/C=C\C/C=C\C/C=C\C/C=C\CCCC(=O)OC[C@H](COC(=O)CCCCCCC/C=C\CCCCCC)OC(=O)CCC/C=C\C/C=C\C/C=C\C/C=C\CCCCC. The summed E-state index contributed by atoms with van der Waals surface area (Å²) in [7, 11) is 0. The van der Waals surface area contributed by atoms with Gasteiger partial charge in [0.1, 0.15) is 13.2 Å². The van der Waals surface area contributed by atoms with E-state index in [4.69, 9.17) is 14.2 Å². The highest BCUT2D eigenvalue weighted by molar-refractivity contribution is 5.71. The first-order chi connectivity index (χ1) is 32.0. The van der Waals surface area contributed by atoms with Gasteiger partial charge in [0.15, 0.2) is 6.10 Å². The van der Waals surface area contributed by atoms with Gasteiger partial charge >= 0.3 is 17.9 Å². The predicted octanol–water partition coefficient (Wildman–Crippen LogP) is 17.5. The van der Waals surface area contributed by atoms with E-state index in [1.807, 2.05) is 0 Å². The van der Waals surface area contributed by atoms with Crippen molar-refractivity contribution in [1.82, 2.24) is 0 Å². The monoisotopic (exact) mass is 901 g/mol. The third-order valence-corrected chi connectivity index (χ3v) is 10.7. The van der Waals surface area contributed by atoms with Crippen LogP contribution in [0.1, 0.15) is 226 Å². The van der Waals surface area contributed by atoms with Crippen LogP contribution in [-0.2, 0) is 28.6 Å². The molecule has 0 amide bonds. The Balaban J connectivity index is 4.59. The summed E-state index contributed by atoms with van der Waals surface area (Å²) in [5.41, 5.74) is 0. The molecule has 6 heteroatoms. The fourth-order valence-corrected chi connectivity index (χ4v) is 6.71. The summed E-state index contributed by atoms with van der Waals surface area (Å²) in [5, 5.41) is 0. The largest absolute Gasteiger partial charge is 0.462 e. The Bertz CT molecular complexity index is 1360. The molecule has 0 saturated heterocycles. The molecule has 368 valence electrons. The molecular formula is C59H96O6. The number of carbonyl (C=O) groups is 3. The Morgan fingerprint density at radius 2 is 0.569 bits per heavy atom. The number of rotatable bonds is 46. The number of esters is 3. The summed E-state index contributed by atoms with van der Waals surface area (Å²) >= 11 is 0. The molecule has 6 nitrogen and oxygen atoms in total. The topological polar surface area (TPSA) is 78.9 Å². The lowest BCUT2D eigenvalue weighted by molar-refractivity contribution is -0.167. The second-order valence-corrected chi connectivity index (χ2v) is 17.1. The van der Waals surface area contributed by atoms with Gasteiger partial charge in [-0.25, -0.2) is 0 Å². The minimum atomic E-state index is -0.833. The summed E-state index contributed by atoms with van der Waals surface area (Å²) < 4.78 is 16.7. The van der Waals surface area contributed by atoms with Gasteiger partial charge in [-0.05, 0) is 122 Å². The Hall–Kier alpha value is -3.93. The van der Waals surface area contributed by atoms with E-state index < -0.39 is 6.10 Å². The molecule has 0 saturated carbocycles. The molecule has 0 aromatic heterocycles. The van der Waals surface area contributed by atoms with E-state index in [1.165, 1.54) is 89.9 Å². The minimum Gasteiger partial charge on any atom is -0.462 e. The van der Waals surface area contributed by atoms with Crippen LogP contribution in [0.15, 0.2) is 109 Å². The quantitative estimate of drug-likeness (QED) is 0.0262. The second kappa shape index (κ2) is 52.7. The van der Waals surface area contributed by atoms with Gasteiger partial charge in [-0.3, -0.25) is 14.4 Å². The lowest BCUT2D eigenvalue weighted by Gasteiger charge is -2.18. The van der Waals surface area contributed by atoms with Crippen LogP contribution in [-0.4, -0.2) is 37.2 Å². The highest BCUT2D eigenvalue weighted by Gasteiger charge is 2.19. The standard InChI is InChI=1S/C59H96O6/c1-4-7-10-13-16-19-22-25-27-29-31-34-37-40-43-46-49-52-58(61)64-55-56(54-63-57(60)51-48-45-42-39-36-33-24-21-18-15-12-9-6-3)65-59(62)53-50-47-44-41-38-35-32-30-28-26-23-20-17-14-11-8-5-2/h16-17,19-21,24-28,31-32,34-35,40-41,43-44,56H,4-15,18,22-23,29-30,33,36-39,42,45-55H2,1-3H3/b19-16-,20-17-,24-21-,27-25-,28-26-,34-31-,35-32-,43-40-,44-41-/t56-/m0/s1. The molecule has 0 spiro atoms. The zero-order chi connectivity index (χ0) is 47.2. The lowest BCUT2D eigenvalue weighted by Crippen LogP contribution is -2.30. The zero-order valence-corrected chi connectivity index (χ0v) is 42.0. The van der Waals surface area contributed by atoms with Crippen LogP contribution in [0, 0.1) is 0 Å². The molecule has 0 aromatic carbocycles. The van der Waals surface area contributed by atoms with E-state index in [0.717, 1.165) is 83.5 Å². The Kier molecular flexibility index (Phi) is 49.5. The number of allylic oxidation sites excluding steroid dienone is 18. The van der Waals surface area contributed by atoms with E-state index in [-0.39, 0.29) is 44.0 Å². The number of carbonyl (C=O) groups excluding carboxylic acids is 3. The lowest BCUT2D eigenvalue weighted by atomic mass is 10.1. The van der Waals surface area contributed by atoms with Crippen molar-refractivity contribution >= 4 is 17.9 Å². The highest BCUT2D eigenvalue weighted by atomic mass is 16.6. The van der Waals surface area contributed by atoms with Crippen LogP contribution in [0.4, 0.5) is 0 Å². The van der Waals surface area contributed by atoms with E-state index in [1.54, 1.807) is 0 Å². The van der Waals surface area contributed by atoms with Gasteiger partial charge in [0.2, 0.25) is 0 Å². The maximum atomic E-state index is 12.8.